The standard InChI is InChI=1S/C21H28N4O6/c1-21(2,3)30-20(29)22-15(13-26)16-11-18(24-10-9-17(27)23-19(24)28)31-25(16)12-14-7-5-4-6-8-14/h4-10,15-16,18,26H,11-13H2,1-3H3,(H,22,29)(H,23,27,28)/t15-,16-,18+/m1/s1. The average molecular weight is 432 g/mol. The molecule has 0 spiro atoms. The maximum Gasteiger partial charge on any atom is 0.408 e. The van der Waals surface area contributed by atoms with E-state index in [2.05, 4.69) is 10.3 Å². The summed E-state index contributed by atoms with van der Waals surface area (Å²) in [5.74, 6) is 0. The van der Waals surface area contributed by atoms with Gasteiger partial charge in [0.1, 0.15) is 5.60 Å². The number of rotatable bonds is 6. The van der Waals surface area contributed by atoms with Crippen LogP contribution >= 0.6 is 0 Å². The van der Waals surface area contributed by atoms with E-state index in [1.807, 2.05) is 30.3 Å². The van der Waals surface area contributed by atoms with Crippen LogP contribution in [-0.4, -0.2) is 50.1 Å². The lowest BCUT2D eigenvalue weighted by molar-refractivity contribution is -0.194. The SMILES string of the molecule is CC(C)(C)OC(=O)N[C@H](CO)[C@H]1C[C@@H](n2ccc(=O)[nH]c2=O)ON1Cc1ccccc1. The highest BCUT2D eigenvalue weighted by atomic mass is 16.7. The number of nitrogens with one attached hydrogen (secondary N) is 2. The predicted molar refractivity (Wildman–Crippen MR) is 112 cm³/mol. The number of alkyl carbamates (subject to hydrolysis) is 1. The quantitative estimate of drug-likeness (QED) is 0.625. The van der Waals surface area contributed by atoms with E-state index < -0.39 is 41.3 Å². The summed E-state index contributed by atoms with van der Waals surface area (Å²) in [5, 5.41) is 14.3. The van der Waals surface area contributed by atoms with Gasteiger partial charge in [-0.25, -0.2) is 9.59 Å². The van der Waals surface area contributed by atoms with E-state index in [1.54, 1.807) is 25.8 Å². The van der Waals surface area contributed by atoms with Crippen LogP contribution in [0.3, 0.4) is 0 Å². The second-order valence-electron chi connectivity index (χ2n) is 8.38. The number of aromatic nitrogens is 2. The van der Waals surface area contributed by atoms with Gasteiger partial charge in [0, 0.05) is 25.2 Å². The topological polar surface area (TPSA) is 126 Å². The molecule has 0 saturated carbocycles. The molecule has 3 N–H and O–H groups in total. The van der Waals surface area contributed by atoms with Gasteiger partial charge in [-0.3, -0.25) is 19.2 Å². The van der Waals surface area contributed by atoms with Crippen molar-refractivity contribution in [1.29, 1.82) is 0 Å². The smallest absolute Gasteiger partial charge is 0.408 e. The normalized spacial score (nSPS) is 20.4. The summed E-state index contributed by atoms with van der Waals surface area (Å²) in [6.07, 6.45) is 0.285. The monoisotopic (exact) mass is 432 g/mol. The number of aliphatic hydroxyl groups is 1. The first-order valence-corrected chi connectivity index (χ1v) is 10.1. The molecule has 168 valence electrons. The summed E-state index contributed by atoms with van der Waals surface area (Å²) in [7, 11) is 0. The van der Waals surface area contributed by atoms with Crippen molar-refractivity contribution in [3.05, 3.63) is 69.0 Å². The third kappa shape index (κ3) is 6.03. The van der Waals surface area contributed by atoms with Crippen molar-refractivity contribution < 1.29 is 19.5 Å². The number of benzene rings is 1. The molecule has 0 aliphatic carbocycles. The number of hydrogen-bond donors (Lipinski definition) is 3. The van der Waals surface area contributed by atoms with Gasteiger partial charge in [0.25, 0.3) is 5.56 Å². The van der Waals surface area contributed by atoms with Gasteiger partial charge in [-0.05, 0) is 26.3 Å². The number of hydroxylamine groups is 2. The van der Waals surface area contributed by atoms with Crippen LogP contribution < -0.4 is 16.6 Å². The second kappa shape index (κ2) is 9.46. The molecule has 1 fully saturated rings. The molecule has 1 aliphatic heterocycles. The van der Waals surface area contributed by atoms with Crippen LogP contribution in [0.5, 0.6) is 0 Å². The molecule has 31 heavy (non-hydrogen) atoms. The molecular formula is C21H28N4O6. The van der Waals surface area contributed by atoms with Crippen LogP contribution in [0.15, 0.2) is 52.2 Å². The van der Waals surface area contributed by atoms with Crippen LogP contribution in [-0.2, 0) is 16.1 Å². The summed E-state index contributed by atoms with van der Waals surface area (Å²) in [5.41, 5.74) is -0.836. The van der Waals surface area contributed by atoms with E-state index in [0.29, 0.717) is 13.0 Å². The first-order chi connectivity index (χ1) is 14.7. The molecule has 3 atom stereocenters. The van der Waals surface area contributed by atoms with Gasteiger partial charge in [-0.1, -0.05) is 30.3 Å². The van der Waals surface area contributed by atoms with Gasteiger partial charge in [-0.2, -0.15) is 5.06 Å². The Morgan fingerprint density at radius 1 is 1.29 bits per heavy atom. The summed E-state index contributed by atoms with van der Waals surface area (Å²) >= 11 is 0. The summed E-state index contributed by atoms with van der Waals surface area (Å²) in [6.45, 7) is 5.26. The number of carbonyl (C=O) groups excluding carboxylic acids is 1. The minimum atomic E-state index is -0.715. The van der Waals surface area contributed by atoms with Crippen LogP contribution in [0.25, 0.3) is 0 Å². The Labute approximate surface area is 179 Å². The summed E-state index contributed by atoms with van der Waals surface area (Å²) in [4.78, 5) is 44.2. The highest BCUT2D eigenvalue weighted by Gasteiger charge is 2.40. The third-order valence-corrected chi connectivity index (χ3v) is 4.78. The van der Waals surface area contributed by atoms with Crippen molar-refractivity contribution in [3.63, 3.8) is 0 Å². The van der Waals surface area contributed by atoms with E-state index in [0.717, 1.165) is 5.56 Å². The number of aliphatic hydroxyl groups excluding tert-OH is 1. The molecule has 2 aromatic rings. The fourth-order valence-corrected chi connectivity index (χ4v) is 3.43. The molecule has 2 heterocycles. The number of carbonyl (C=O) groups is 1. The molecule has 0 radical (unpaired) electrons. The highest BCUT2D eigenvalue weighted by Crippen LogP contribution is 2.31. The second-order valence-corrected chi connectivity index (χ2v) is 8.38. The maximum absolute atomic E-state index is 12.3. The lowest BCUT2D eigenvalue weighted by Gasteiger charge is -2.30. The van der Waals surface area contributed by atoms with Gasteiger partial charge in [0.2, 0.25) is 0 Å². The number of hydrogen-bond acceptors (Lipinski definition) is 7. The highest BCUT2D eigenvalue weighted by molar-refractivity contribution is 5.68. The number of aromatic amines is 1. The summed E-state index contributed by atoms with van der Waals surface area (Å²) in [6, 6.07) is 9.62. The van der Waals surface area contributed by atoms with Gasteiger partial charge in [-0.15, -0.1) is 0 Å². The Morgan fingerprint density at radius 2 is 2.00 bits per heavy atom. The fraction of sp³-hybridized carbons (Fsp3) is 0.476. The Balaban J connectivity index is 1.84. The minimum Gasteiger partial charge on any atom is -0.444 e. The van der Waals surface area contributed by atoms with Crippen molar-refractivity contribution in [2.24, 2.45) is 0 Å². The molecule has 3 rings (SSSR count). The van der Waals surface area contributed by atoms with Gasteiger partial charge < -0.3 is 15.2 Å². The molecule has 1 saturated heterocycles. The van der Waals surface area contributed by atoms with E-state index in [9.17, 15) is 19.5 Å². The van der Waals surface area contributed by atoms with E-state index in [1.165, 1.54) is 16.8 Å². The Hall–Kier alpha value is -2.95. The molecule has 10 nitrogen and oxygen atoms in total. The molecule has 1 amide bonds. The molecule has 1 aromatic heterocycles. The first kappa shape index (κ1) is 22.7. The van der Waals surface area contributed by atoms with Crippen LogP contribution in [0.2, 0.25) is 0 Å². The Bertz CT molecular complexity index is 997. The zero-order valence-corrected chi connectivity index (χ0v) is 17.8. The predicted octanol–water partition coefficient (Wildman–Crippen LogP) is 1.13. The molecule has 1 aliphatic rings. The Kier molecular flexibility index (Phi) is 6.94. The van der Waals surface area contributed by atoms with E-state index in [4.69, 9.17) is 9.57 Å². The summed E-state index contributed by atoms with van der Waals surface area (Å²) < 4.78 is 6.59. The third-order valence-electron chi connectivity index (χ3n) is 4.78. The molecule has 10 heteroatoms. The van der Waals surface area contributed by atoms with E-state index in [-0.39, 0.29) is 6.61 Å². The zero-order chi connectivity index (χ0) is 22.6. The number of nitrogens with zero attached hydrogens (tertiary/aromatic N) is 2. The Morgan fingerprint density at radius 3 is 2.61 bits per heavy atom. The van der Waals surface area contributed by atoms with E-state index >= 15 is 0 Å². The van der Waals surface area contributed by atoms with Crippen molar-refractivity contribution in [1.82, 2.24) is 19.9 Å². The lowest BCUT2D eigenvalue weighted by atomic mass is 10.0. The van der Waals surface area contributed by atoms with Crippen molar-refractivity contribution in [3.8, 4) is 0 Å². The molecule has 1 aromatic carbocycles. The van der Waals surface area contributed by atoms with Gasteiger partial charge in [0.15, 0.2) is 6.23 Å². The molecule has 0 unspecified atom stereocenters. The van der Waals surface area contributed by atoms with Gasteiger partial charge in [0.05, 0.1) is 18.7 Å². The largest absolute Gasteiger partial charge is 0.444 e. The van der Waals surface area contributed by atoms with Gasteiger partial charge >= 0.3 is 11.8 Å². The first-order valence-electron chi connectivity index (χ1n) is 10.1. The van der Waals surface area contributed by atoms with Crippen molar-refractivity contribution in [2.75, 3.05) is 6.61 Å². The van der Waals surface area contributed by atoms with Crippen LogP contribution in [0.4, 0.5) is 4.79 Å². The maximum atomic E-state index is 12.3. The van der Waals surface area contributed by atoms with Crippen LogP contribution in [0.1, 0.15) is 39.0 Å². The zero-order valence-electron chi connectivity index (χ0n) is 17.8. The molecule has 0 bridgehead atoms. The number of H-pyrrole nitrogens is 1. The van der Waals surface area contributed by atoms with Crippen LogP contribution in [0, 0.1) is 0 Å². The van der Waals surface area contributed by atoms with Crippen molar-refractivity contribution in [2.45, 2.75) is 57.6 Å². The molecular weight excluding hydrogens is 404 g/mol. The van der Waals surface area contributed by atoms with Crippen molar-refractivity contribution >= 4 is 6.09 Å². The fourth-order valence-electron chi connectivity index (χ4n) is 3.43. The number of ether oxygens (including phenoxy) is 1. The number of amides is 1. The minimum absolute atomic E-state index is 0.291. The average Bonchev–Trinajstić information content (AvgIpc) is 3.08. The lowest BCUT2D eigenvalue weighted by Crippen LogP contribution is -2.51.